The van der Waals surface area contributed by atoms with Gasteiger partial charge >= 0.3 is 0 Å². The molecule has 0 bridgehead atoms. The van der Waals surface area contributed by atoms with Crippen molar-refractivity contribution in [2.24, 2.45) is 0 Å². The molecule has 0 aromatic heterocycles. The van der Waals surface area contributed by atoms with Gasteiger partial charge < -0.3 is 10.8 Å². The second kappa shape index (κ2) is 2.82. The first kappa shape index (κ1) is 7.92. The number of nitrogens with two attached hydrogens (primary N) is 1. The smallest absolute Gasteiger partial charge is 0.138 e. The van der Waals surface area contributed by atoms with Crippen LogP contribution in [0.1, 0.15) is 18.1 Å². The van der Waals surface area contributed by atoms with E-state index in [2.05, 4.69) is 0 Å². The van der Waals surface area contributed by atoms with E-state index in [0.29, 0.717) is 5.69 Å². The van der Waals surface area contributed by atoms with Crippen molar-refractivity contribution >= 4 is 5.69 Å². The van der Waals surface area contributed by atoms with Crippen molar-refractivity contribution < 1.29 is 5.11 Å². The van der Waals surface area contributed by atoms with Crippen molar-refractivity contribution in [1.29, 1.82) is 0 Å². The number of phenols is 1. The molecular weight excluding hydrogens is 138 g/mol. The van der Waals surface area contributed by atoms with Crippen molar-refractivity contribution in [3.8, 4) is 5.75 Å². The van der Waals surface area contributed by atoms with E-state index >= 15 is 0 Å². The number of aromatic hydroxyl groups is 1. The fourth-order valence-corrected chi connectivity index (χ4v) is 1.23. The Hall–Kier alpha value is -1.18. The Morgan fingerprint density at radius 2 is 2.09 bits per heavy atom. The van der Waals surface area contributed by atoms with Crippen LogP contribution < -0.4 is 5.73 Å². The van der Waals surface area contributed by atoms with Crippen molar-refractivity contribution in [3.05, 3.63) is 23.3 Å². The lowest BCUT2D eigenvalue weighted by Crippen LogP contribution is -1.95. The Labute approximate surface area is 66.7 Å². The van der Waals surface area contributed by atoms with Crippen LogP contribution in [0.4, 0.5) is 5.69 Å². The summed E-state index contributed by atoms with van der Waals surface area (Å²) in [5, 5.41) is 9.23. The lowest BCUT2D eigenvalue weighted by Gasteiger charge is -2.07. The van der Waals surface area contributed by atoms with Gasteiger partial charge in [-0.3, -0.25) is 0 Å². The van der Waals surface area contributed by atoms with Gasteiger partial charge in [-0.2, -0.15) is 0 Å². The molecule has 0 saturated heterocycles. The molecule has 1 aromatic carbocycles. The van der Waals surface area contributed by atoms with Crippen LogP contribution in [-0.2, 0) is 6.42 Å². The Morgan fingerprint density at radius 1 is 1.45 bits per heavy atom. The maximum absolute atomic E-state index is 9.23. The summed E-state index contributed by atoms with van der Waals surface area (Å²) in [6, 6.07) is 3.51. The predicted molar refractivity (Wildman–Crippen MR) is 46.6 cm³/mol. The van der Waals surface area contributed by atoms with Gasteiger partial charge in [0.2, 0.25) is 0 Å². The number of hydrogen-bond donors (Lipinski definition) is 2. The van der Waals surface area contributed by atoms with E-state index in [1.54, 1.807) is 6.07 Å². The molecule has 0 fully saturated rings. The molecule has 0 saturated carbocycles. The Morgan fingerprint density at radius 3 is 2.55 bits per heavy atom. The number of phenolic OH excluding ortho intramolecular Hbond substituents is 1. The average molecular weight is 151 g/mol. The standard InChI is InChI=1S/C9H13NO/c1-3-7-6(2)4-5-8(11)9(7)10/h4-5,11H,3,10H2,1-2H3. The first-order valence-electron chi connectivity index (χ1n) is 3.73. The molecule has 3 N–H and O–H groups in total. The molecule has 0 heterocycles. The van der Waals surface area contributed by atoms with Gasteiger partial charge in [-0.25, -0.2) is 0 Å². The Kier molecular flexibility index (Phi) is 2.03. The van der Waals surface area contributed by atoms with Crippen LogP contribution in [0.3, 0.4) is 0 Å². The number of nitrogen functional groups attached to an aromatic ring is 1. The fourth-order valence-electron chi connectivity index (χ4n) is 1.23. The topological polar surface area (TPSA) is 46.2 Å². The highest BCUT2D eigenvalue weighted by molar-refractivity contribution is 5.60. The third kappa shape index (κ3) is 1.29. The van der Waals surface area contributed by atoms with Crippen LogP contribution in [0.15, 0.2) is 12.1 Å². The quantitative estimate of drug-likeness (QED) is 0.475. The maximum Gasteiger partial charge on any atom is 0.138 e. The van der Waals surface area contributed by atoms with Crippen LogP contribution in [0.25, 0.3) is 0 Å². The number of hydrogen-bond acceptors (Lipinski definition) is 2. The minimum absolute atomic E-state index is 0.187. The van der Waals surface area contributed by atoms with Gasteiger partial charge in [-0.05, 0) is 30.5 Å². The zero-order valence-corrected chi connectivity index (χ0v) is 6.89. The summed E-state index contributed by atoms with van der Waals surface area (Å²) in [5.74, 6) is 0.187. The van der Waals surface area contributed by atoms with E-state index in [4.69, 9.17) is 5.73 Å². The molecule has 60 valence electrons. The van der Waals surface area contributed by atoms with Crippen molar-refractivity contribution in [2.75, 3.05) is 5.73 Å². The maximum atomic E-state index is 9.23. The SMILES string of the molecule is CCc1c(C)ccc(O)c1N. The van der Waals surface area contributed by atoms with Gasteiger partial charge in [0.15, 0.2) is 0 Å². The minimum Gasteiger partial charge on any atom is -0.506 e. The van der Waals surface area contributed by atoms with Gasteiger partial charge in [0.05, 0.1) is 5.69 Å². The zero-order valence-electron chi connectivity index (χ0n) is 6.89. The predicted octanol–water partition coefficient (Wildman–Crippen LogP) is 1.85. The molecule has 0 unspecified atom stereocenters. The molecule has 0 radical (unpaired) electrons. The van der Waals surface area contributed by atoms with Gasteiger partial charge in [-0.15, -0.1) is 0 Å². The van der Waals surface area contributed by atoms with E-state index in [1.165, 1.54) is 0 Å². The van der Waals surface area contributed by atoms with Gasteiger partial charge in [0, 0.05) is 0 Å². The number of rotatable bonds is 1. The molecule has 1 rings (SSSR count). The number of anilines is 1. The number of aryl methyl sites for hydroxylation is 1. The van der Waals surface area contributed by atoms with E-state index < -0.39 is 0 Å². The first-order chi connectivity index (χ1) is 5.16. The zero-order chi connectivity index (χ0) is 8.43. The summed E-state index contributed by atoms with van der Waals surface area (Å²) in [7, 11) is 0. The summed E-state index contributed by atoms with van der Waals surface area (Å²) < 4.78 is 0. The summed E-state index contributed by atoms with van der Waals surface area (Å²) >= 11 is 0. The molecular formula is C9H13NO. The second-order valence-electron chi connectivity index (χ2n) is 2.65. The molecule has 0 aliphatic rings. The fraction of sp³-hybridized carbons (Fsp3) is 0.333. The number of benzene rings is 1. The minimum atomic E-state index is 0.187. The summed E-state index contributed by atoms with van der Waals surface area (Å²) in [5.41, 5.74) is 8.35. The average Bonchev–Trinajstić information content (AvgIpc) is 1.99. The second-order valence-corrected chi connectivity index (χ2v) is 2.65. The third-order valence-electron chi connectivity index (χ3n) is 1.92. The third-order valence-corrected chi connectivity index (χ3v) is 1.92. The lowest BCUT2D eigenvalue weighted by atomic mass is 10.0. The lowest BCUT2D eigenvalue weighted by molar-refractivity contribution is 0.477. The largest absolute Gasteiger partial charge is 0.506 e. The van der Waals surface area contributed by atoms with Crippen LogP contribution in [0.2, 0.25) is 0 Å². The molecule has 0 aliphatic carbocycles. The summed E-state index contributed by atoms with van der Waals surface area (Å²) in [6.45, 7) is 4.02. The summed E-state index contributed by atoms with van der Waals surface area (Å²) in [6.07, 6.45) is 0.867. The van der Waals surface area contributed by atoms with Crippen LogP contribution in [0, 0.1) is 6.92 Å². The molecule has 2 heteroatoms. The highest BCUT2D eigenvalue weighted by atomic mass is 16.3. The first-order valence-corrected chi connectivity index (χ1v) is 3.73. The Balaban J connectivity index is 3.29. The van der Waals surface area contributed by atoms with Crippen molar-refractivity contribution in [1.82, 2.24) is 0 Å². The van der Waals surface area contributed by atoms with Crippen LogP contribution in [0.5, 0.6) is 5.75 Å². The van der Waals surface area contributed by atoms with Gasteiger partial charge in [-0.1, -0.05) is 13.0 Å². The van der Waals surface area contributed by atoms with Gasteiger partial charge in [0.25, 0.3) is 0 Å². The van der Waals surface area contributed by atoms with Crippen LogP contribution >= 0.6 is 0 Å². The van der Waals surface area contributed by atoms with Crippen molar-refractivity contribution in [3.63, 3.8) is 0 Å². The molecule has 0 amide bonds. The molecule has 0 spiro atoms. The Bertz CT molecular complexity index is 269. The van der Waals surface area contributed by atoms with E-state index in [0.717, 1.165) is 17.5 Å². The highest BCUT2D eigenvalue weighted by Gasteiger charge is 2.04. The normalized spacial score (nSPS) is 10.0. The molecule has 2 nitrogen and oxygen atoms in total. The molecule has 0 atom stereocenters. The monoisotopic (exact) mass is 151 g/mol. The van der Waals surface area contributed by atoms with E-state index in [9.17, 15) is 5.11 Å². The molecule has 0 aliphatic heterocycles. The molecule has 11 heavy (non-hydrogen) atoms. The van der Waals surface area contributed by atoms with Gasteiger partial charge in [0.1, 0.15) is 5.75 Å². The highest BCUT2D eigenvalue weighted by Crippen LogP contribution is 2.26. The van der Waals surface area contributed by atoms with E-state index in [1.807, 2.05) is 19.9 Å². The van der Waals surface area contributed by atoms with Crippen LogP contribution in [-0.4, -0.2) is 5.11 Å². The van der Waals surface area contributed by atoms with E-state index in [-0.39, 0.29) is 5.75 Å². The molecule has 1 aromatic rings. The van der Waals surface area contributed by atoms with Crippen molar-refractivity contribution in [2.45, 2.75) is 20.3 Å². The summed E-state index contributed by atoms with van der Waals surface area (Å²) in [4.78, 5) is 0.